The Bertz CT molecular complexity index is 597. The largest absolute Gasteiger partial charge is 0.416 e. The zero-order valence-electron chi connectivity index (χ0n) is 14.4. The van der Waals surface area contributed by atoms with E-state index < -0.39 is 11.7 Å². The third kappa shape index (κ3) is 6.17. The van der Waals surface area contributed by atoms with Gasteiger partial charge >= 0.3 is 6.18 Å². The van der Waals surface area contributed by atoms with Gasteiger partial charge in [-0.25, -0.2) is 0 Å². The summed E-state index contributed by atoms with van der Waals surface area (Å²) in [6.07, 6.45) is -0.301. The fourth-order valence-corrected chi connectivity index (χ4v) is 2.54. The number of nitrogens with zero attached hydrogens (tertiary/aromatic N) is 2. The van der Waals surface area contributed by atoms with Gasteiger partial charge in [0.2, 0.25) is 5.91 Å². The maximum Gasteiger partial charge on any atom is 0.416 e. The van der Waals surface area contributed by atoms with Gasteiger partial charge in [-0.15, -0.1) is 0 Å². The van der Waals surface area contributed by atoms with Crippen LogP contribution in [0.25, 0.3) is 0 Å². The van der Waals surface area contributed by atoms with Crippen LogP contribution in [0.5, 0.6) is 0 Å². The molecule has 1 aliphatic rings. The number of hydrogen-bond acceptors (Lipinski definition) is 3. The lowest BCUT2D eigenvalue weighted by Crippen LogP contribution is -2.28. The molecule has 4 nitrogen and oxygen atoms in total. The van der Waals surface area contributed by atoms with Crippen LogP contribution >= 0.6 is 0 Å². The molecule has 1 saturated heterocycles. The molecule has 1 aromatic carbocycles. The summed E-state index contributed by atoms with van der Waals surface area (Å²) in [5.74, 6) is -0.0394. The molecule has 25 heavy (non-hydrogen) atoms. The maximum absolute atomic E-state index is 12.5. The van der Waals surface area contributed by atoms with Gasteiger partial charge in [-0.3, -0.25) is 4.79 Å². The lowest BCUT2D eigenvalue weighted by atomic mass is 10.1. The van der Waals surface area contributed by atoms with Crippen molar-refractivity contribution in [2.24, 2.45) is 0 Å². The Kier molecular flexibility index (Phi) is 6.61. The molecular weight excluding hydrogens is 333 g/mol. The Morgan fingerprint density at radius 3 is 2.60 bits per heavy atom. The van der Waals surface area contributed by atoms with E-state index in [1.807, 2.05) is 25.1 Å². The van der Waals surface area contributed by atoms with E-state index in [0.717, 1.165) is 18.6 Å². The zero-order valence-corrected chi connectivity index (χ0v) is 14.4. The van der Waals surface area contributed by atoms with E-state index in [2.05, 4.69) is 0 Å². The van der Waals surface area contributed by atoms with Crippen molar-refractivity contribution >= 4 is 5.91 Å². The molecule has 0 saturated carbocycles. The van der Waals surface area contributed by atoms with Crippen LogP contribution in [-0.2, 0) is 22.3 Å². The van der Waals surface area contributed by atoms with Crippen LogP contribution in [0, 0.1) is 0 Å². The number of alkyl halides is 3. The van der Waals surface area contributed by atoms with Gasteiger partial charge in [-0.1, -0.05) is 18.2 Å². The molecule has 0 N–H and O–H groups in total. The summed E-state index contributed by atoms with van der Waals surface area (Å²) in [5.41, 5.74) is 0.0158. The third-order valence-electron chi connectivity index (χ3n) is 3.95. The fourth-order valence-electron chi connectivity index (χ4n) is 2.54. The predicted molar refractivity (Wildman–Crippen MR) is 88.9 cm³/mol. The van der Waals surface area contributed by atoms with Crippen molar-refractivity contribution < 1.29 is 22.7 Å². The van der Waals surface area contributed by atoms with Gasteiger partial charge in [0.1, 0.15) is 0 Å². The second kappa shape index (κ2) is 8.49. The second-order valence-corrected chi connectivity index (χ2v) is 6.37. The molecule has 0 radical (unpaired) electrons. The Labute approximate surface area is 145 Å². The third-order valence-corrected chi connectivity index (χ3v) is 3.95. The Morgan fingerprint density at radius 1 is 1.32 bits per heavy atom. The van der Waals surface area contributed by atoms with Gasteiger partial charge in [0.25, 0.3) is 0 Å². The van der Waals surface area contributed by atoms with Crippen molar-refractivity contribution in [2.45, 2.75) is 25.3 Å². The number of amides is 1. The summed E-state index contributed by atoms with van der Waals surface area (Å²) < 4.78 is 43.3. The number of ether oxygens (including phenoxy) is 1. The minimum absolute atomic E-state index is 0.0394. The van der Waals surface area contributed by atoms with Crippen LogP contribution in [0.15, 0.2) is 36.4 Å². The molecular formula is C18H23F3N2O2. The quantitative estimate of drug-likeness (QED) is 0.735. The van der Waals surface area contributed by atoms with Crippen LogP contribution in [0.2, 0.25) is 0 Å². The van der Waals surface area contributed by atoms with Crippen molar-refractivity contribution in [1.29, 1.82) is 0 Å². The number of likely N-dealkylation sites (tertiary alicyclic amines) is 1. The Balaban J connectivity index is 1.77. The van der Waals surface area contributed by atoms with E-state index in [1.165, 1.54) is 12.1 Å². The first kappa shape index (κ1) is 19.5. The highest BCUT2D eigenvalue weighted by Crippen LogP contribution is 2.29. The maximum atomic E-state index is 12.5. The molecule has 1 fully saturated rings. The number of carbonyl (C=O) groups is 1. The number of likely N-dealkylation sites (N-methyl/N-ethyl adjacent to an activating group) is 1. The number of rotatable bonds is 6. The normalized spacial score (nSPS) is 18.5. The predicted octanol–water partition coefficient (Wildman–Crippen LogP) is 2.94. The number of benzene rings is 1. The van der Waals surface area contributed by atoms with Gasteiger partial charge in [0.05, 0.1) is 18.3 Å². The van der Waals surface area contributed by atoms with Crippen LogP contribution in [0.4, 0.5) is 13.2 Å². The number of halogens is 3. The average Bonchev–Trinajstić information content (AvgIpc) is 3.01. The zero-order chi connectivity index (χ0) is 18.4. The van der Waals surface area contributed by atoms with Gasteiger partial charge in [0.15, 0.2) is 0 Å². The minimum atomic E-state index is -4.33. The van der Waals surface area contributed by atoms with E-state index in [1.54, 1.807) is 11.0 Å². The van der Waals surface area contributed by atoms with E-state index in [0.29, 0.717) is 25.2 Å². The van der Waals surface area contributed by atoms with Crippen LogP contribution in [0.3, 0.4) is 0 Å². The summed E-state index contributed by atoms with van der Waals surface area (Å²) in [7, 11) is 3.85. The molecule has 0 spiro atoms. The highest BCUT2D eigenvalue weighted by Gasteiger charge is 2.30. The number of carbonyl (C=O) groups excluding carboxylic acids is 1. The van der Waals surface area contributed by atoms with E-state index >= 15 is 0 Å². The average molecular weight is 356 g/mol. The first-order chi connectivity index (χ1) is 11.8. The summed E-state index contributed by atoms with van der Waals surface area (Å²) in [6.45, 7) is 2.07. The van der Waals surface area contributed by atoms with E-state index in [9.17, 15) is 18.0 Å². The van der Waals surface area contributed by atoms with Crippen molar-refractivity contribution in [3.05, 3.63) is 47.5 Å². The SMILES string of the molecule is CN(C)C/C=C/C(=O)N1CCC(OCc2ccc(C(F)(F)F)cc2)C1. The molecule has 0 aliphatic carbocycles. The minimum Gasteiger partial charge on any atom is -0.372 e. The molecule has 1 atom stereocenters. The molecule has 1 unspecified atom stereocenters. The molecule has 0 bridgehead atoms. The van der Waals surface area contributed by atoms with Crippen molar-refractivity contribution in [2.75, 3.05) is 33.7 Å². The highest BCUT2D eigenvalue weighted by molar-refractivity contribution is 5.87. The highest BCUT2D eigenvalue weighted by atomic mass is 19.4. The molecule has 1 aromatic rings. The molecule has 138 valence electrons. The molecule has 2 rings (SSSR count). The smallest absolute Gasteiger partial charge is 0.372 e. The van der Waals surface area contributed by atoms with Crippen molar-refractivity contribution in [3.63, 3.8) is 0 Å². The molecule has 1 heterocycles. The molecule has 0 aromatic heterocycles. The van der Waals surface area contributed by atoms with Gasteiger partial charge in [-0.05, 0) is 38.2 Å². The lowest BCUT2D eigenvalue weighted by molar-refractivity contribution is -0.137. The fraction of sp³-hybridized carbons (Fsp3) is 0.500. The van der Waals surface area contributed by atoms with E-state index in [-0.39, 0.29) is 18.6 Å². The van der Waals surface area contributed by atoms with E-state index in [4.69, 9.17) is 4.74 Å². The number of hydrogen-bond donors (Lipinski definition) is 0. The summed E-state index contributed by atoms with van der Waals surface area (Å²) in [4.78, 5) is 15.7. The topological polar surface area (TPSA) is 32.8 Å². The molecule has 1 aliphatic heterocycles. The Hall–Kier alpha value is -1.86. The van der Waals surface area contributed by atoms with Crippen molar-refractivity contribution in [3.8, 4) is 0 Å². The Morgan fingerprint density at radius 2 is 2.00 bits per heavy atom. The summed E-state index contributed by atoms with van der Waals surface area (Å²) in [6, 6.07) is 4.95. The van der Waals surface area contributed by atoms with Crippen molar-refractivity contribution in [1.82, 2.24) is 9.80 Å². The first-order valence-corrected chi connectivity index (χ1v) is 8.13. The van der Waals surface area contributed by atoms with Crippen LogP contribution < -0.4 is 0 Å². The monoisotopic (exact) mass is 356 g/mol. The first-order valence-electron chi connectivity index (χ1n) is 8.13. The van der Waals surface area contributed by atoms with Gasteiger partial charge < -0.3 is 14.5 Å². The van der Waals surface area contributed by atoms with Gasteiger partial charge in [-0.2, -0.15) is 13.2 Å². The van der Waals surface area contributed by atoms with Crippen LogP contribution in [-0.4, -0.2) is 55.5 Å². The lowest BCUT2D eigenvalue weighted by Gasteiger charge is -2.15. The summed E-state index contributed by atoms with van der Waals surface area (Å²) >= 11 is 0. The standard InChI is InChI=1S/C18H23F3N2O2/c1-22(2)10-3-4-17(24)23-11-9-16(12-23)25-13-14-5-7-15(8-6-14)18(19,20)21/h3-8,16H,9-13H2,1-2H3/b4-3+. The van der Waals surface area contributed by atoms with Gasteiger partial charge in [0, 0.05) is 25.7 Å². The summed E-state index contributed by atoms with van der Waals surface area (Å²) in [5, 5.41) is 0. The molecule has 7 heteroatoms. The molecule has 1 amide bonds. The van der Waals surface area contributed by atoms with Crippen LogP contribution in [0.1, 0.15) is 17.5 Å². The second-order valence-electron chi connectivity index (χ2n) is 6.37.